The van der Waals surface area contributed by atoms with Crippen LogP contribution in [0.25, 0.3) is 0 Å². The van der Waals surface area contributed by atoms with Gasteiger partial charge in [0.2, 0.25) is 5.91 Å². The summed E-state index contributed by atoms with van der Waals surface area (Å²) in [5.41, 5.74) is 5.79. The minimum absolute atomic E-state index is 0.0565. The summed E-state index contributed by atoms with van der Waals surface area (Å²) >= 11 is 0. The number of ketones is 1. The van der Waals surface area contributed by atoms with E-state index in [-0.39, 0.29) is 17.6 Å². The van der Waals surface area contributed by atoms with Gasteiger partial charge in [0.25, 0.3) is 0 Å². The standard InChI is InChI=1S/C22H22N2O2/c1-14-6-3-8-18(15(14)2)24-19-9-4-10-20(25)22(19)17(12-21(24)26)16-7-5-11-23-13-16/h3,5-8,11,13,17H,4,9-10,12H2,1-2H3. The predicted molar refractivity (Wildman–Crippen MR) is 101 cm³/mol. The van der Waals surface area contributed by atoms with Crippen molar-refractivity contribution in [2.24, 2.45) is 0 Å². The van der Waals surface area contributed by atoms with Gasteiger partial charge in [0, 0.05) is 42.4 Å². The number of nitrogens with zero attached hydrogens (tertiary/aromatic N) is 2. The van der Waals surface area contributed by atoms with Gasteiger partial charge in [-0.2, -0.15) is 0 Å². The van der Waals surface area contributed by atoms with Crippen molar-refractivity contribution in [3.8, 4) is 0 Å². The topological polar surface area (TPSA) is 50.3 Å². The zero-order chi connectivity index (χ0) is 18.3. The number of rotatable bonds is 2. The smallest absolute Gasteiger partial charge is 0.232 e. The summed E-state index contributed by atoms with van der Waals surface area (Å²) in [6, 6.07) is 9.83. The molecule has 1 aromatic carbocycles. The molecule has 1 amide bonds. The first kappa shape index (κ1) is 16.7. The van der Waals surface area contributed by atoms with Crippen molar-refractivity contribution in [2.45, 2.75) is 45.4 Å². The molecule has 0 saturated carbocycles. The molecule has 1 unspecified atom stereocenters. The summed E-state index contributed by atoms with van der Waals surface area (Å²) in [4.78, 5) is 32.0. The van der Waals surface area contributed by atoms with E-state index in [2.05, 4.69) is 4.98 Å². The van der Waals surface area contributed by atoms with E-state index in [1.54, 1.807) is 12.4 Å². The molecule has 2 heterocycles. The second-order valence-electron chi connectivity index (χ2n) is 7.13. The average molecular weight is 346 g/mol. The molecule has 4 rings (SSSR count). The van der Waals surface area contributed by atoms with Crippen molar-refractivity contribution in [2.75, 3.05) is 4.90 Å². The van der Waals surface area contributed by atoms with E-state index >= 15 is 0 Å². The Morgan fingerprint density at radius 2 is 1.92 bits per heavy atom. The van der Waals surface area contributed by atoms with Gasteiger partial charge in [-0.15, -0.1) is 0 Å². The number of pyridine rings is 1. The lowest BCUT2D eigenvalue weighted by Gasteiger charge is -2.39. The minimum atomic E-state index is -0.180. The summed E-state index contributed by atoms with van der Waals surface area (Å²) < 4.78 is 0. The quantitative estimate of drug-likeness (QED) is 0.818. The van der Waals surface area contributed by atoms with Crippen molar-refractivity contribution in [1.82, 2.24) is 4.98 Å². The van der Waals surface area contributed by atoms with E-state index in [1.807, 2.05) is 49.1 Å². The Morgan fingerprint density at radius 1 is 1.08 bits per heavy atom. The van der Waals surface area contributed by atoms with Crippen LogP contribution in [0.1, 0.15) is 48.3 Å². The van der Waals surface area contributed by atoms with Crippen molar-refractivity contribution < 1.29 is 9.59 Å². The van der Waals surface area contributed by atoms with Gasteiger partial charge >= 0.3 is 0 Å². The highest BCUT2D eigenvalue weighted by Crippen LogP contribution is 2.43. The molecule has 1 aliphatic carbocycles. The molecule has 2 aromatic rings. The number of amides is 1. The molecule has 132 valence electrons. The molecule has 0 saturated heterocycles. The summed E-state index contributed by atoms with van der Waals surface area (Å²) in [7, 11) is 0. The predicted octanol–water partition coefficient (Wildman–Crippen LogP) is 4.23. The number of anilines is 1. The molecule has 0 bridgehead atoms. The third kappa shape index (κ3) is 2.66. The largest absolute Gasteiger partial charge is 0.294 e. The first-order valence-electron chi connectivity index (χ1n) is 9.13. The first-order chi connectivity index (χ1) is 12.6. The van der Waals surface area contributed by atoms with Crippen LogP contribution in [0.4, 0.5) is 5.69 Å². The van der Waals surface area contributed by atoms with Crippen LogP contribution in [0.15, 0.2) is 54.0 Å². The Hall–Kier alpha value is -2.75. The van der Waals surface area contributed by atoms with Crippen LogP contribution in [0.5, 0.6) is 0 Å². The Morgan fingerprint density at radius 3 is 2.69 bits per heavy atom. The monoisotopic (exact) mass is 346 g/mol. The molecule has 1 atom stereocenters. The molecule has 4 nitrogen and oxygen atoms in total. The lowest BCUT2D eigenvalue weighted by molar-refractivity contribution is -0.119. The molecule has 26 heavy (non-hydrogen) atoms. The molecular weight excluding hydrogens is 324 g/mol. The number of Topliss-reactive ketones (excluding diaryl/α,β-unsaturated/α-hetero) is 1. The van der Waals surface area contributed by atoms with Crippen molar-refractivity contribution in [3.05, 3.63) is 70.7 Å². The van der Waals surface area contributed by atoms with Crippen LogP contribution in [0.2, 0.25) is 0 Å². The van der Waals surface area contributed by atoms with E-state index < -0.39 is 0 Å². The van der Waals surface area contributed by atoms with Crippen LogP contribution in [0.3, 0.4) is 0 Å². The summed E-state index contributed by atoms with van der Waals surface area (Å²) in [5, 5.41) is 0. The molecule has 0 spiro atoms. The fourth-order valence-corrected chi connectivity index (χ4v) is 4.12. The highest BCUT2D eigenvalue weighted by atomic mass is 16.2. The minimum Gasteiger partial charge on any atom is -0.294 e. The summed E-state index contributed by atoms with van der Waals surface area (Å²) in [6.07, 6.45) is 5.92. The SMILES string of the molecule is Cc1cccc(N2C(=O)CC(c3cccnc3)C3=C2CCCC3=O)c1C. The van der Waals surface area contributed by atoms with Gasteiger partial charge in [0.1, 0.15) is 0 Å². The van der Waals surface area contributed by atoms with E-state index in [0.717, 1.165) is 46.5 Å². The van der Waals surface area contributed by atoms with Gasteiger partial charge in [-0.25, -0.2) is 0 Å². The van der Waals surface area contributed by atoms with Gasteiger partial charge in [0.15, 0.2) is 5.78 Å². The summed E-state index contributed by atoms with van der Waals surface area (Å²) in [5.74, 6) is 0.0456. The first-order valence-corrected chi connectivity index (χ1v) is 9.13. The normalized spacial score (nSPS) is 20.4. The van der Waals surface area contributed by atoms with E-state index in [9.17, 15) is 9.59 Å². The van der Waals surface area contributed by atoms with Crippen LogP contribution in [-0.4, -0.2) is 16.7 Å². The second-order valence-corrected chi connectivity index (χ2v) is 7.13. The van der Waals surface area contributed by atoms with E-state index in [1.165, 1.54) is 0 Å². The number of allylic oxidation sites excluding steroid dienone is 2. The third-order valence-electron chi connectivity index (χ3n) is 5.58. The number of hydrogen-bond donors (Lipinski definition) is 0. The number of carbonyl (C=O) groups excluding carboxylic acids is 2. The maximum absolute atomic E-state index is 13.2. The average Bonchev–Trinajstić information content (AvgIpc) is 2.65. The molecule has 0 N–H and O–H groups in total. The molecule has 4 heteroatoms. The molecule has 0 radical (unpaired) electrons. The zero-order valence-corrected chi connectivity index (χ0v) is 15.2. The molecule has 1 aliphatic heterocycles. The Kier molecular flexibility index (Phi) is 4.19. The molecule has 1 aromatic heterocycles. The number of aryl methyl sites for hydroxylation is 1. The number of aromatic nitrogens is 1. The zero-order valence-electron chi connectivity index (χ0n) is 15.2. The maximum Gasteiger partial charge on any atom is 0.232 e. The van der Waals surface area contributed by atoms with Gasteiger partial charge in [-0.05, 0) is 55.5 Å². The number of hydrogen-bond acceptors (Lipinski definition) is 3. The Balaban J connectivity index is 1.90. The fraction of sp³-hybridized carbons (Fsp3) is 0.318. The Labute approximate surface area is 153 Å². The van der Waals surface area contributed by atoms with E-state index in [0.29, 0.717) is 12.8 Å². The van der Waals surface area contributed by atoms with Crippen molar-refractivity contribution in [3.63, 3.8) is 0 Å². The number of benzene rings is 1. The summed E-state index contributed by atoms with van der Waals surface area (Å²) in [6.45, 7) is 4.09. The third-order valence-corrected chi connectivity index (χ3v) is 5.58. The lowest BCUT2D eigenvalue weighted by Crippen LogP contribution is -2.41. The van der Waals surface area contributed by atoms with Crippen LogP contribution in [0, 0.1) is 13.8 Å². The fourth-order valence-electron chi connectivity index (χ4n) is 4.12. The lowest BCUT2D eigenvalue weighted by atomic mass is 9.77. The molecular formula is C22H22N2O2. The molecule has 0 fully saturated rings. The van der Waals surface area contributed by atoms with Gasteiger partial charge in [-0.1, -0.05) is 18.2 Å². The van der Waals surface area contributed by atoms with Gasteiger partial charge in [-0.3, -0.25) is 19.5 Å². The van der Waals surface area contributed by atoms with Crippen LogP contribution < -0.4 is 4.90 Å². The highest BCUT2D eigenvalue weighted by Gasteiger charge is 2.40. The Bertz CT molecular complexity index is 915. The van der Waals surface area contributed by atoms with Crippen LogP contribution >= 0.6 is 0 Å². The highest BCUT2D eigenvalue weighted by molar-refractivity contribution is 6.07. The number of carbonyl (C=O) groups is 2. The van der Waals surface area contributed by atoms with Crippen LogP contribution in [-0.2, 0) is 9.59 Å². The second kappa shape index (κ2) is 6.52. The maximum atomic E-state index is 13.2. The van der Waals surface area contributed by atoms with Gasteiger partial charge in [0.05, 0.1) is 5.69 Å². The molecule has 2 aliphatic rings. The van der Waals surface area contributed by atoms with Crippen molar-refractivity contribution >= 4 is 17.4 Å². The van der Waals surface area contributed by atoms with Gasteiger partial charge < -0.3 is 0 Å². The van der Waals surface area contributed by atoms with Crippen molar-refractivity contribution in [1.29, 1.82) is 0 Å². The van der Waals surface area contributed by atoms with E-state index in [4.69, 9.17) is 0 Å².